The van der Waals surface area contributed by atoms with Crippen molar-refractivity contribution in [2.45, 2.75) is 12.2 Å². The Kier molecular flexibility index (Phi) is 1.57. The van der Waals surface area contributed by atoms with E-state index in [1.54, 1.807) is 6.61 Å². The molecule has 0 saturated carbocycles. The molecule has 0 aromatic rings. The zero-order chi connectivity index (χ0) is 6.81. The molecule has 2 unspecified atom stereocenters. The average molecular weight is 137 g/mol. The number of allylic oxidation sites excluding steroid dienone is 2. The first kappa shape index (κ1) is 6.13. The van der Waals surface area contributed by atoms with E-state index in [0.29, 0.717) is 6.61 Å². The van der Waals surface area contributed by atoms with Crippen LogP contribution in [0.15, 0.2) is 24.3 Å². The topological polar surface area (TPSA) is 18.5 Å². The van der Waals surface area contributed by atoms with E-state index in [2.05, 4.69) is 0 Å². The highest BCUT2D eigenvalue weighted by molar-refractivity contribution is 5.17. The van der Waals surface area contributed by atoms with E-state index < -0.39 is 0 Å². The molecule has 0 N–H and O–H groups in total. The van der Waals surface area contributed by atoms with E-state index in [4.69, 9.17) is 9.47 Å². The van der Waals surface area contributed by atoms with Crippen LogP contribution in [-0.2, 0) is 9.47 Å². The van der Waals surface area contributed by atoms with Crippen molar-refractivity contribution in [3.8, 4) is 0 Å². The summed E-state index contributed by atoms with van der Waals surface area (Å²) >= 11 is 0. The number of ether oxygens (including phenoxy) is 2. The summed E-state index contributed by atoms with van der Waals surface area (Å²) in [5.74, 6) is 0. The van der Waals surface area contributed by atoms with Crippen LogP contribution in [0.3, 0.4) is 0 Å². The molecule has 1 aliphatic carbocycles. The molecular weight excluding hydrogens is 128 g/mol. The van der Waals surface area contributed by atoms with Crippen LogP contribution in [-0.4, -0.2) is 18.8 Å². The summed E-state index contributed by atoms with van der Waals surface area (Å²) < 4.78 is 10.7. The molecule has 0 spiro atoms. The number of hydrogen-bond acceptors (Lipinski definition) is 2. The number of fused-ring (bicyclic) bond motifs is 1. The van der Waals surface area contributed by atoms with Crippen LogP contribution in [0, 0.1) is 6.61 Å². The quantitative estimate of drug-likeness (QED) is 0.497. The third-order valence-electron chi connectivity index (χ3n) is 1.65. The third-order valence-corrected chi connectivity index (χ3v) is 1.65. The lowest BCUT2D eigenvalue weighted by Crippen LogP contribution is -2.34. The van der Waals surface area contributed by atoms with Crippen LogP contribution >= 0.6 is 0 Å². The zero-order valence-electron chi connectivity index (χ0n) is 5.57. The Balaban J connectivity index is 2.09. The molecule has 53 valence electrons. The monoisotopic (exact) mass is 137 g/mol. The predicted octanol–water partition coefficient (Wildman–Crippen LogP) is 1.06. The van der Waals surface area contributed by atoms with Gasteiger partial charge in [-0.3, -0.25) is 0 Å². The Morgan fingerprint density at radius 1 is 1.10 bits per heavy atom. The maximum Gasteiger partial charge on any atom is 0.110 e. The molecule has 1 fully saturated rings. The molecule has 2 rings (SSSR count). The summed E-state index contributed by atoms with van der Waals surface area (Å²) in [5.41, 5.74) is 0. The maximum atomic E-state index is 5.36. The SMILES string of the molecule is [CH]1COC2C=CC=CC2O1. The lowest BCUT2D eigenvalue weighted by atomic mass is 10.1. The van der Waals surface area contributed by atoms with Crippen molar-refractivity contribution in [3.05, 3.63) is 30.9 Å². The highest BCUT2D eigenvalue weighted by atomic mass is 16.6. The number of rotatable bonds is 0. The summed E-state index contributed by atoms with van der Waals surface area (Å²) in [6.07, 6.45) is 8.21. The molecule has 1 heterocycles. The second-order valence-corrected chi connectivity index (χ2v) is 2.34. The molecule has 2 aliphatic rings. The second-order valence-electron chi connectivity index (χ2n) is 2.34. The number of hydrogen-bond donors (Lipinski definition) is 0. The third kappa shape index (κ3) is 1.00. The van der Waals surface area contributed by atoms with Crippen LogP contribution in [0.4, 0.5) is 0 Å². The Morgan fingerprint density at radius 3 is 2.70 bits per heavy atom. The van der Waals surface area contributed by atoms with Crippen molar-refractivity contribution in [1.82, 2.24) is 0 Å². The molecule has 1 aliphatic heterocycles. The Morgan fingerprint density at radius 2 is 1.90 bits per heavy atom. The predicted molar refractivity (Wildman–Crippen MR) is 37.2 cm³/mol. The normalized spacial score (nSPS) is 37.6. The summed E-state index contributed by atoms with van der Waals surface area (Å²) in [6, 6.07) is 0. The Hall–Kier alpha value is -0.600. The molecule has 10 heavy (non-hydrogen) atoms. The van der Waals surface area contributed by atoms with Gasteiger partial charge in [0.05, 0.1) is 6.61 Å². The Labute approximate surface area is 60.1 Å². The van der Waals surface area contributed by atoms with Gasteiger partial charge < -0.3 is 9.47 Å². The molecule has 1 saturated heterocycles. The fraction of sp³-hybridized carbons (Fsp3) is 0.375. The molecule has 0 bridgehead atoms. The average Bonchev–Trinajstić information content (AvgIpc) is 2.05. The molecular formula is C8H9O2. The molecule has 0 aromatic heterocycles. The standard InChI is InChI=1S/C8H9O2/c1-2-4-8-7(3-1)9-5-6-10-8/h1-5,7-8H,6H2. The van der Waals surface area contributed by atoms with Gasteiger partial charge >= 0.3 is 0 Å². The van der Waals surface area contributed by atoms with Gasteiger partial charge in [-0.2, -0.15) is 0 Å². The van der Waals surface area contributed by atoms with Crippen LogP contribution in [0.5, 0.6) is 0 Å². The molecule has 2 nitrogen and oxygen atoms in total. The van der Waals surface area contributed by atoms with Crippen molar-refractivity contribution in [3.63, 3.8) is 0 Å². The van der Waals surface area contributed by atoms with Gasteiger partial charge in [-0.25, -0.2) is 0 Å². The minimum absolute atomic E-state index is 0.110. The van der Waals surface area contributed by atoms with Crippen molar-refractivity contribution < 1.29 is 9.47 Å². The van der Waals surface area contributed by atoms with E-state index in [1.165, 1.54) is 0 Å². The van der Waals surface area contributed by atoms with Crippen molar-refractivity contribution in [2.75, 3.05) is 6.61 Å². The second kappa shape index (κ2) is 2.56. The molecule has 2 heteroatoms. The van der Waals surface area contributed by atoms with Gasteiger partial charge in [-0.05, 0) is 0 Å². The fourth-order valence-electron chi connectivity index (χ4n) is 1.14. The summed E-state index contributed by atoms with van der Waals surface area (Å²) in [7, 11) is 0. The molecule has 2 atom stereocenters. The summed E-state index contributed by atoms with van der Waals surface area (Å²) in [4.78, 5) is 0. The smallest absolute Gasteiger partial charge is 0.110 e. The summed E-state index contributed by atoms with van der Waals surface area (Å²) in [5, 5.41) is 0. The van der Waals surface area contributed by atoms with Crippen LogP contribution in [0.1, 0.15) is 0 Å². The van der Waals surface area contributed by atoms with E-state index in [-0.39, 0.29) is 12.2 Å². The molecule has 0 aromatic carbocycles. The van der Waals surface area contributed by atoms with Gasteiger partial charge in [-0.1, -0.05) is 24.3 Å². The first-order valence-corrected chi connectivity index (χ1v) is 3.40. The van der Waals surface area contributed by atoms with Gasteiger partial charge in [0.15, 0.2) is 0 Å². The Bertz CT molecular complexity index is 152. The van der Waals surface area contributed by atoms with E-state index in [9.17, 15) is 0 Å². The lowest BCUT2D eigenvalue weighted by Gasteiger charge is -2.28. The molecule has 0 amide bonds. The lowest BCUT2D eigenvalue weighted by molar-refractivity contribution is -0.0676. The zero-order valence-corrected chi connectivity index (χ0v) is 5.57. The summed E-state index contributed by atoms with van der Waals surface area (Å²) in [6.45, 7) is 2.30. The van der Waals surface area contributed by atoms with Crippen molar-refractivity contribution >= 4 is 0 Å². The van der Waals surface area contributed by atoms with Crippen molar-refractivity contribution in [1.29, 1.82) is 0 Å². The van der Waals surface area contributed by atoms with Crippen LogP contribution in [0.25, 0.3) is 0 Å². The highest BCUT2D eigenvalue weighted by Gasteiger charge is 2.23. The first-order chi connectivity index (χ1) is 4.97. The van der Waals surface area contributed by atoms with Gasteiger partial charge in [0, 0.05) is 0 Å². The van der Waals surface area contributed by atoms with Gasteiger partial charge in [0.2, 0.25) is 0 Å². The van der Waals surface area contributed by atoms with E-state index in [1.807, 2.05) is 24.3 Å². The van der Waals surface area contributed by atoms with E-state index >= 15 is 0 Å². The first-order valence-electron chi connectivity index (χ1n) is 3.40. The van der Waals surface area contributed by atoms with Crippen molar-refractivity contribution in [2.24, 2.45) is 0 Å². The van der Waals surface area contributed by atoms with Crippen LogP contribution in [0.2, 0.25) is 0 Å². The highest BCUT2D eigenvalue weighted by Crippen LogP contribution is 2.17. The fourth-order valence-corrected chi connectivity index (χ4v) is 1.14. The van der Waals surface area contributed by atoms with Gasteiger partial charge in [0.25, 0.3) is 0 Å². The minimum Gasteiger partial charge on any atom is -0.368 e. The van der Waals surface area contributed by atoms with Gasteiger partial charge in [0.1, 0.15) is 18.8 Å². The maximum absolute atomic E-state index is 5.36. The van der Waals surface area contributed by atoms with Crippen LogP contribution < -0.4 is 0 Å². The largest absolute Gasteiger partial charge is 0.368 e. The van der Waals surface area contributed by atoms with Gasteiger partial charge in [-0.15, -0.1) is 0 Å². The molecule has 1 radical (unpaired) electrons. The van der Waals surface area contributed by atoms with E-state index in [0.717, 1.165) is 0 Å². The minimum atomic E-state index is 0.110.